The highest BCUT2D eigenvalue weighted by molar-refractivity contribution is 7.77. The lowest BCUT2D eigenvalue weighted by Crippen LogP contribution is -2.47. The Balaban J connectivity index is 2.02. The largest absolute Gasteiger partial charge is 0.416 e. The molecule has 2 aromatic rings. The van der Waals surface area contributed by atoms with Crippen LogP contribution in [0.2, 0.25) is 0 Å². The second kappa shape index (κ2) is 9.21. The summed E-state index contributed by atoms with van der Waals surface area (Å²) >= 11 is -2.41. The molecule has 1 aliphatic heterocycles. The van der Waals surface area contributed by atoms with Gasteiger partial charge in [-0.2, -0.15) is 17.9 Å². The van der Waals surface area contributed by atoms with E-state index in [9.17, 15) is 31.1 Å². The molecule has 3 unspecified atom stereocenters. The fraction of sp³-hybridized carbons (Fsp3) is 0.316. The Bertz CT molecular complexity index is 924. The lowest BCUT2D eigenvalue weighted by molar-refractivity contribution is -0.139. The zero-order valence-corrected chi connectivity index (χ0v) is 16.3. The predicted molar refractivity (Wildman–Crippen MR) is 103 cm³/mol. The van der Waals surface area contributed by atoms with Gasteiger partial charge in [-0.25, -0.2) is 8.60 Å². The number of halogens is 4. The predicted octanol–water partition coefficient (Wildman–Crippen LogP) is 3.67. The number of likely N-dealkylation sites (tertiary alicyclic amines) is 1. The maximum atomic E-state index is 13.6. The molecule has 1 fully saturated rings. The van der Waals surface area contributed by atoms with E-state index < -0.39 is 46.9 Å². The van der Waals surface area contributed by atoms with Gasteiger partial charge in [-0.3, -0.25) is 14.2 Å². The summed E-state index contributed by atoms with van der Waals surface area (Å²) in [5.74, 6) is -1.29. The second-order valence-electron chi connectivity index (χ2n) is 6.75. The van der Waals surface area contributed by atoms with Crippen molar-refractivity contribution in [3.8, 4) is 0 Å². The fourth-order valence-electron chi connectivity index (χ4n) is 3.55. The molecule has 0 saturated carbocycles. The first-order valence-electron chi connectivity index (χ1n) is 9.02. The molecule has 11 heteroatoms. The van der Waals surface area contributed by atoms with Gasteiger partial charge in [-0.1, -0.05) is 18.2 Å². The monoisotopic (exact) mass is 445 g/mol. The zero-order valence-electron chi connectivity index (χ0n) is 15.5. The molecule has 3 N–H and O–H groups in total. The number of nitrogens with zero attached hydrogens (tertiary/aromatic N) is 1. The standard InChI is InChI=1S/C19H19F4N3O3S/c20-12-7-9-13(10-8-12)24-18(27)17(26-11-3-6-16(26)25-30(28)29)14-4-1-2-5-15(14)19(21,22)23/h1-2,4-5,7-10,16-17,25H,3,6,11H2,(H,24,27)(H,28,29). The summed E-state index contributed by atoms with van der Waals surface area (Å²) in [7, 11) is 0. The molecule has 1 saturated heterocycles. The Labute approximate surface area is 172 Å². The van der Waals surface area contributed by atoms with Gasteiger partial charge in [0.2, 0.25) is 17.2 Å². The van der Waals surface area contributed by atoms with Crippen LogP contribution in [-0.4, -0.2) is 32.3 Å². The minimum atomic E-state index is -4.70. The van der Waals surface area contributed by atoms with Gasteiger partial charge in [0.15, 0.2) is 0 Å². The molecule has 3 atom stereocenters. The summed E-state index contributed by atoms with van der Waals surface area (Å²) in [6.07, 6.45) is -4.58. The van der Waals surface area contributed by atoms with Gasteiger partial charge < -0.3 is 5.32 Å². The normalized spacial score (nSPS) is 19.4. The van der Waals surface area contributed by atoms with E-state index in [1.54, 1.807) is 0 Å². The molecule has 3 rings (SSSR count). The highest BCUT2D eigenvalue weighted by atomic mass is 32.2. The molecule has 1 heterocycles. The van der Waals surface area contributed by atoms with Crippen molar-refractivity contribution in [1.29, 1.82) is 0 Å². The average molecular weight is 445 g/mol. The van der Waals surface area contributed by atoms with Gasteiger partial charge >= 0.3 is 6.18 Å². The number of carbonyl (C=O) groups excluding carboxylic acids is 1. The number of hydrogen-bond donors (Lipinski definition) is 3. The highest BCUT2D eigenvalue weighted by Gasteiger charge is 2.42. The van der Waals surface area contributed by atoms with E-state index in [1.165, 1.54) is 35.2 Å². The van der Waals surface area contributed by atoms with Crippen molar-refractivity contribution < 1.29 is 31.1 Å². The molecule has 1 aliphatic rings. The summed E-state index contributed by atoms with van der Waals surface area (Å²) < 4.78 is 76.9. The highest BCUT2D eigenvalue weighted by Crippen LogP contribution is 2.38. The molecule has 0 aliphatic carbocycles. The van der Waals surface area contributed by atoms with Crippen molar-refractivity contribution in [2.24, 2.45) is 0 Å². The van der Waals surface area contributed by atoms with Crippen molar-refractivity contribution in [1.82, 2.24) is 9.62 Å². The zero-order chi connectivity index (χ0) is 21.9. The summed E-state index contributed by atoms with van der Waals surface area (Å²) in [5, 5.41) is 2.52. The number of alkyl halides is 3. The van der Waals surface area contributed by atoms with Gasteiger partial charge in [0.1, 0.15) is 11.9 Å². The Hall–Kier alpha value is -2.34. The van der Waals surface area contributed by atoms with Crippen LogP contribution in [0, 0.1) is 5.82 Å². The third-order valence-corrected chi connectivity index (χ3v) is 5.26. The van der Waals surface area contributed by atoms with Gasteiger partial charge in [0, 0.05) is 12.2 Å². The van der Waals surface area contributed by atoms with E-state index in [2.05, 4.69) is 10.0 Å². The van der Waals surface area contributed by atoms with Crippen molar-refractivity contribution >= 4 is 22.9 Å². The number of amides is 1. The van der Waals surface area contributed by atoms with Crippen LogP contribution < -0.4 is 10.0 Å². The van der Waals surface area contributed by atoms with Crippen LogP contribution in [0.4, 0.5) is 23.2 Å². The lowest BCUT2D eigenvalue weighted by Gasteiger charge is -2.33. The topological polar surface area (TPSA) is 81.7 Å². The summed E-state index contributed by atoms with van der Waals surface area (Å²) in [5.41, 5.74) is -1.03. The Morgan fingerprint density at radius 1 is 1.17 bits per heavy atom. The number of benzene rings is 2. The van der Waals surface area contributed by atoms with Crippen LogP contribution in [0.3, 0.4) is 0 Å². The van der Waals surface area contributed by atoms with Crippen LogP contribution in [-0.2, 0) is 22.2 Å². The van der Waals surface area contributed by atoms with Crippen LogP contribution in [0.15, 0.2) is 48.5 Å². The molecule has 6 nitrogen and oxygen atoms in total. The quantitative estimate of drug-likeness (QED) is 0.468. The van der Waals surface area contributed by atoms with E-state index in [-0.39, 0.29) is 17.8 Å². The molecule has 30 heavy (non-hydrogen) atoms. The van der Waals surface area contributed by atoms with E-state index in [4.69, 9.17) is 0 Å². The van der Waals surface area contributed by atoms with Gasteiger partial charge in [-0.15, -0.1) is 0 Å². The molecule has 2 aromatic carbocycles. The summed E-state index contributed by atoms with van der Waals surface area (Å²) in [4.78, 5) is 14.5. The summed E-state index contributed by atoms with van der Waals surface area (Å²) in [6, 6.07) is 8.14. The minimum Gasteiger partial charge on any atom is -0.324 e. The molecule has 0 aromatic heterocycles. The van der Waals surface area contributed by atoms with Crippen molar-refractivity contribution in [2.45, 2.75) is 31.2 Å². The van der Waals surface area contributed by atoms with Gasteiger partial charge in [0.05, 0.1) is 11.7 Å². The van der Waals surface area contributed by atoms with Crippen LogP contribution in [0.1, 0.15) is 30.0 Å². The lowest BCUT2D eigenvalue weighted by atomic mass is 9.97. The molecule has 162 valence electrons. The second-order valence-corrected chi connectivity index (χ2v) is 7.48. The van der Waals surface area contributed by atoms with E-state index >= 15 is 0 Å². The number of nitrogens with one attached hydrogen (secondary N) is 2. The van der Waals surface area contributed by atoms with Crippen molar-refractivity contribution in [2.75, 3.05) is 11.9 Å². The molecule has 1 amide bonds. The molecule has 0 spiro atoms. The van der Waals surface area contributed by atoms with Crippen LogP contribution in [0.5, 0.6) is 0 Å². The maximum Gasteiger partial charge on any atom is 0.416 e. The Morgan fingerprint density at radius 3 is 2.47 bits per heavy atom. The van der Waals surface area contributed by atoms with E-state index in [1.807, 2.05) is 0 Å². The van der Waals surface area contributed by atoms with Crippen LogP contribution >= 0.6 is 0 Å². The minimum absolute atomic E-state index is 0.213. The van der Waals surface area contributed by atoms with Crippen molar-refractivity contribution in [3.63, 3.8) is 0 Å². The Morgan fingerprint density at radius 2 is 1.83 bits per heavy atom. The Kier molecular flexibility index (Phi) is 6.86. The maximum absolute atomic E-state index is 13.6. The van der Waals surface area contributed by atoms with Crippen molar-refractivity contribution in [3.05, 3.63) is 65.5 Å². The third-order valence-electron chi connectivity index (χ3n) is 4.78. The summed E-state index contributed by atoms with van der Waals surface area (Å²) in [6.45, 7) is 0.239. The number of hydrogen-bond acceptors (Lipinski definition) is 3. The van der Waals surface area contributed by atoms with E-state index in [0.717, 1.165) is 18.2 Å². The first kappa shape index (κ1) is 22.3. The molecular weight excluding hydrogens is 426 g/mol. The molecule has 0 bridgehead atoms. The average Bonchev–Trinajstić information content (AvgIpc) is 3.10. The number of anilines is 1. The van der Waals surface area contributed by atoms with E-state index in [0.29, 0.717) is 12.8 Å². The first-order valence-corrected chi connectivity index (χ1v) is 10.1. The first-order chi connectivity index (χ1) is 14.2. The third kappa shape index (κ3) is 5.22. The number of carbonyl (C=O) groups is 1. The van der Waals surface area contributed by atoms with Gasteiger partial charge in [-0.05, 0) is 48.7 Å². The van der Waals surface area contributed by atoms with Crippen LogP contribution in [0.25, 0.3) is 0 Å². The smallest absolute Gasteiger partial charge is 0.324 e. The molecule has 0 radical (unpaired) electrons. The molecular formula is C19H19F4N3O3S. The SMILES string of the molecule is O=C(Nc1ccc(F)cc1)C(c1ccccc1C(F)(F)F)N1CCCC1NS(=O)O. The fourth-order valence-corrected chi connectivity index (χ4v) is 4.03. The number of rotatable bonds is 6. The van der Waals surface area contributed by atoms with Gasteiger partial charge in [0.25, 0.3) is 0 Å².